The molecule has 0 aliphatic rings. The van der Waals surface area contributed by atoms with Gasteiger partial charge < -0.3 is 9.84 Å². The molecule has 0 bridgehead atoms. The molecule has 7 heteroatoms. The average Bonchev–Trinajstić information content (AvgIpc) is 2.37. The van der Waals surface area contributed by atoms with Crippen LogP contribution in [0.3, 0.4) is 0 Å². The van der Waals surface area contributed by atoms with Gasteiger partial charge in [-0.15, -0.1) is 0 Å². The molecule has 0 spiro atoms. The monoisotopic (exact) mass is 268 g/mol. The highest BCUT2D eigenvalue weighted by Gasteiger charge is 2.33. The van der Waals surface area contributed by atoms with Gasteiger partial charge in [-0.25, -0.2) is 0 Å². The summed E-state index contributed by atoms with van der Waals surface area (Å²) in [5, 5.41) is 22.4. The zero-order valence-electron chi connectivity index (χ0n) is 10.8. The lowest BCUT2D eigenvalue weighted by Gasteiger charge is -2.25. The lowest BCUT2D eigenvalue weighted by molar-refractivity contribution is -0.384. The topological polar surface area (TPSA) is 102 Å². The Morgan fingerprint density at radius 2 is 2.05 bits per heavy atom. The Kier molecular flexibility index (Phi) is 4.82. The van der Waals surface area contributed by atoms with Crippen molar-refractivity contribution in [3.05, 3.63) is 34.4 Å². The minimum Gasteiger partial charge on any atom is -0.491 e. The van der Waals surface area contributed by atoms with Gasteiger partial charge in [0.1, 0.15) is 17.9 Å². The Morgan fingerprint density at radius 1 is 1.47 bits per heavy atom. The van der Waals surface area contributed by atoms with Crippen LogP contribution in [0.4, 0.5) is 5.69 Å². The number of carboxylic acids is 1. The van der Waals surface area contributed by atoms with Crippen LogP contribution >= 0.6 is 0 Å². The molecular weight excluding hydrogens is 252 g/mol. The van der Waals surface area contributed by atoms with Gasteiger partial charge in [0.2, 0.25) is 0 Å². The highest BCUT2D eigenvalue weighted by molar-refractivity contribution is 5.78. The van der Waals surface area contributed by atoms with Crippen LogP contribution in [0, 0.1) is 10.1 Å². The molecule has 0 amide bonds. The molecule has 2 N–H and O–H groups in total. The van der Waals surface area contributed by atoms with E-state index >= 15 is 0 Å². The molecule has 1 aromatic carbocycles. The number of likely N-dealkylation sites (N-methyl/N-ethyl adjacent to an activating group) is 1. The number of nitro groups is 1. The van der Waals surface area contributed by atoms with Crippen LogP contribution in [0.1, 0.15) is 13.8 Å². The summed E-state index contributed by atoms with van der Waals surface area (Å²) in [5.41, 5.74) is -1.24. The summed E-state index contributed by atoms with van der Waals surface area (Å²) >= 11 is 0. The predicted octanol–water partition coefficient (Wildman–Crippen LogP) is 1.43. The largest absolute Gasteiger partial charge is 0.491 e. The van der Waals surface area contributed by atoms with Crippen LogP contribution in [-0.2, 0) is 4.79 Å². The Morgan fingerprint density at radius 3 is 2.47 bits per heavy atom. The number of rotatable bonds is 7. The number of hydrogen-bond donors (Lipinski definition) is 2. The van der Waals surface area contributed by atoms with E-state index in [0.717, 1.165) is 0 Å². The van der Waals surface area contributed by atoms with E-state index < -0.39 is 16.4 Å². The highest BCUT2D eigenvalue weighted by atomic mass is 16.6. The van der Waals surface area contributed by atoms with Crippen molar-refractivity contribution in [2.24, 2.45) is 0 Å². The van der Waals surface area contributed by atoms with Crippen molar-refractivity contribution in [2.45, 2.75) is 19.4 Å². The standard InChI is InChI=1S/C12H16N2O5/c1-3-13-12(2,11(15)16)8-19-10-6-4-9(5-7-10)14(17)18/h4-7,13H,3,8H2,1-2H3,(H,15,16). The molecule has 1 atom stereocenters. The summed E-state index contributed by atoms with van der Waals surface area (Å²) in [5.74, 6) is -0.632. The number of carbonyl (C=O) groups is 1. The van der Waals surface area contributed by atoms with E-state index in [9.17, 15) is 14.9 Å². The number of nitro benzene ring substituents is 1. The van der Waals surface area contributed by atoms with Crippen molar-refractivity contribution in [2.75, 3.05) is 13.2 Å². The minimum absolute atomic E-state index is 0.0416. The maximum absolute atomic E-state index is 11.1. The van der Waals surface area contributed by atoms with Crippen LogP contribution in [0.5, 0.6) is 5.75 Å². The maximum atomic E-state index is 11.1. The van der Waals surface area contributed by atoms with E-state index in [1.165, 1.54) is 31.2 Å². The average molecular weight is 268 g/mol. The van der Waals surface area contributed by atoms with Crippen LogP contribution < -0.4 is 10.1 Å². The van der Waals surface area contributed by atoms with Crippen LogP contribution in [0.25, 0.3) is 0 Å². The SMILES string of the molecule is CCNC(C)(COc1ccc([N+](=O)[O-])cc1)C(=O)O. The Balaban J connectivity index is 2.69. The second-order valence-corrected chi connectivity index (χ2v) is 4.21. The summed E-state index contributed by atoms with van der Waals surface area (Å²) in [7, 11) is 0. The van der Waals surface area contributed by atoms with Gasteiger partial charge in [-0.3, -0.25) is 20.2 Å². The predicted molar refractivity (Wildman–Crippen MR) is 68.3 cm³/mol. The number of aliphatic carboxylic acids is 1. The molecule has 0 heterocycles. The van der Waals surface area contributed by atoms with E-state index in [0.29, 0.717) is 12.3 Å². The first kappa shape index (κ1) is 14.9. The molecule has 19 heavy (non-hydrogen) atoms. The second kappa shape index (κ2) is 6.14. The van der Waals surface area contributed by atoms with Crippen molar-refractivity contribution >= 4 is 11.7 Å². The minimum atomic E-state index is -1.20. The first-order valence-corrected chi connectivity index (χ1v) is 5.74. The molecule has 1 unspecified atom stereocenters. The molecule has 0 aromatic heterocycles. The van der Waals surface area contributed by atoms with E-state index in [1.807, 2.05) is 0 Å². The number of nitrogens with zero attached hydrogens (tertiary/aromatic N) is 1. The lowest BCUT2D eigenvalue weighted by atomic mass is 10.0. The molecule has 0 aliphatic heterocycles. The summed E-state index contributed by atoms with van der Waals surface area (Å²) < 4.78 is 5.35. The molecule has 0 radical (unpaired) electrons. The molecule has 1 rings (SSSR count). The molecule has 1 aromatic rings. The number of benzene rings is 1. The third-order valence-corrected chi connectivity index (χ3v) is 2.61. The first-order valence-electron chi connectivity index (χ1n) is 5.74. The lowest BCUT2D eigenvalue weighted by Crippen LogP contribution is -2.53. The van der Waals surface area contributed by atoms with E-state index in [-0.39, 0.29) is 12.3 Å². The van der Waals surface area contributed by atoms with Crippen molar-refractivity contribution in [3.63, 3.8) is 0 Å². The van der Waals surface area contributed by atoms with Gasteiger partial charge in [0.25, 0.3) is 5.69 Å². The normalized spacial score (nSPS) is 13.6. The van der Waals surface area contributed by atoms with Crippen LogP contribution in [0.15, 0.2) is 24.3 Å². The molecule has 0 saturated carbocycles. The number of nitrogens with one attached hydrogen (secondary N) is 1. The van der Waals surface area contributed by atoms with Gasteiger partial charge in [0, 0.05) is 12.1 Å². The van der Waals surface area contributed by atoms with Crippen molar-refractivity contribution in [3.8, 4) is 5.75 Å². The maximum Gasteiger partial charge on any atom is 0.327 e. The summed E-state index contributed by atoms with van der Waals surface area (Å²) in [6.07, 6.45) is 0. The van der Waals surface area contributed by atoms with Crippen LogP contribution in [0.2, 0.25) is 0 Å². The molecule has 0 aliphatic carbocycles. The van der Waals surface area contributed by atoms with Gasteiger partial charge in [-0.2, -0.15) is 0 Å². The third-order valence-electron chi connectivity index (χ3n) is 2.61. The van der Waals surface area contributed by atoms with E-state index in [1.54, 1.807) is 6.92 Å². The van der Waals surface area contributed by atoms with Gasteiger partial charge in [0.05, 0.1) is 4.92 Å². The van der Waals surface area contributed by atoms with Crippen molar-refractivity contribution in [1.29, 1.82) is 0 Å². The number of non-ortho nitro benzene ring substituents is 1. The molecule has 104 valence electrons. The molecule has 0 saturated heterocycles. The zero-order chi connectivity index (χ0) is 14.5. The Bertz CT molecular complexity index is 460. The number of carboxylic acid groups (broad SMARTS) is 1. The zero-order valence-corrected chi connectivity index (χ0v) is 10.8. The fourth-order valence-electron chi connectivity index (χ4n) is 1.47. The fraction of sp³-hybridized carbons (Fsp3) is 0.417. The second-order valence-electron chi connectivity index (χ2n) is 4.21. The van der Waals surface area contributed by atoms with Gasteiger partial charge in [0.15, 0.2) is 0 Å². The number of hydrogen-bond acceptors (Lipinski definition) is 5. The smallest absolute Gasteiger partial charge is 0.327 e. The Hall–Kier alpha value is -2.15. The quantitative estimate of drug-likeness (QED) is 0.573. The summed E-state index contributed by atoms with van der Waals surface area (Å²) in [6.45, 7) is 3.73. The fourth-order valence-corrected chi connectivity index (χ4v) is 1.47. The number of ether oxygens (including phenoxy) is 1. The molecular formula is C12H16N2O5. The van der Waals surface area contributed by atoms with Gasteiger partial charge >= 0.3 is 5.97 Å². The van der Waals surface area contributed by atoms with Gasteiger partial charge in [-0.1, -0.05) is 6.92 Å². The summed E-state index contributed by atoms with van der Waals surface area (Å²) in [6, 6.07) is 5.49. The van der Waals surface area contributed by atoms with Crippen LogP contribution in [-0.4, -0.2) is 34.7 Å². The van der Waals surface area contributed by atoms with Gasteiger partial charge in [-0.05, 0) is 25.6 Å². The molecule has 7 nitrogen and oxygen atoms in total. The van der Waals surface area contributed by atoms with Crippen molar-refractivity contribution < 1.29 is 19.6 Å². The first-order chi connectivity index (χ1) is 8.89. The molecule has 0 fully saturated rings. The van der Waals surface area contributed by atoms with Crippen molar-refractivity contribution in [1.82, 2.24) is 5.32 Å². The van der Waals surface area contributed by atoms with E-state index in [4.69, 9.17) is 9.84 Å². The highest BCUT2D eigenvalue weighted by Crippen LogP contribution is 2.18. The Labute approximate surface area is 110 Å². The third kappa shape index (κ3) is 3.92. The summed E-state index contributed by atoms with van der Waals surface area (Å²) in [4.78, 5) is 21.1. The van der Waals surface area contributed by atoms with E-state index in [2.05, 4.69) is 5.32 Å².